The molecular formula is C32H31Cl2N7O3. The molecule has 1 amide bonds. The van der Waals surface area contributed by atoms with Crippen LogP contribution in [-0.2, 0) is 4.79 Å². The van der Waals surface area contributed by atoms with Gasteiger partial charge in [-0.2, -0.15) is 4.98 Å². The number of benzene rings is 2. The molecule has 2 N–H and O–H groups in total. The lowest BCUT2D eigenvalue weighted by Gasteiger charge is -2.29. The van der Waals surface area contributed by atoms with Crippen LogP contribution in [0.1, 0.15) is 24.3 Å². The molecule has 6 rings (SSSR count). The van der Waals surface area contributed by atoms with Crippen LogP contribution in [0.2, 0.25) is 10.0 Å². The van der Waals surface area contributed by atoms with Gasteiger partial charge in [-0.15, -0.1) is 0 Å². The number of nitrogens with zero attached hydrogens (tertiary/aromatic N) is 5. The number of hydrogen-bond acceptors (Lipinski definition) is 8. The number of rotatable bonds is 8. The molecule has 2 aromatic carbocycles. The van der Waals surface area contributed by atoms with Crippen LogP contribution in [-0.4, -0.2) is 64.5 Å². The van der Waals surface area contributed by atoms with E-state index in [2.05, 4.69) is 45.2 Å². The normalized spacial score (nSPS) is 14.1. The highest BCUT2D eigenvalue weighted by molar-refractivity contribution is 6.41. The summed E-state index contributed by atoms with van der Waals surface area (Å²) in [6.07, 6.45) is 8.58. The fourth-order valence-electron chi connectivity index (χ4n) is 5.61. The third-order valence-electron chi connectivity index (χ3n) is 7.97. The van der Waals surface area contributed by atoms with E-state index in [-0.39, 0.29) is 5.91 Å². The monoisotopic (exact) mass is 631 g/mol. The zero-order chi connectivity index (χ0) is 31.0. The number of carbonyl (C=O) groups excluding carboxylic acids is 1. The van der Waals surface area contributed by atoms with Crippen molar-refractivity contribution < 1.29 is 14.3 Å². The van der Waals surface area contributed by atoms with Crippen molar-refractivity contribution in [3.8, 4) is 22.6 Å². The largest absolute Gasteiger partial charge is 0.495 e. The fraction of sp³-hybridized carbons (Fsp3) is 0.250. The summed E-state index contributed by atoms with van der Waals surface area (Å²) in [6, 6.07) is 9.61. The number of methoxy groups -OCH3 is 2. The van der Waals surface area contributed by atoms with E-state index in [0.717, 1.165) is 31.3 Å². The van der Waals surface area contributed by atoms with Crippen LogP contribution in [0.25, 0.3) is 27.8 Å². The number of anilines is 3. The van der Waals surface area contributed by atoms with Gasteiger partial charge in [0.15, 0.2) is 5.65 Å². The Bertz CT molecular complexity index is 1870. The number of amides is 1. The second-order valence-electron chi connectivity index (χ2n) is 10.6. The van der Waals surface area contributed by atoms with Gasteiger partial charge in [-0.3, -0.25) is 9.20 Å². The number of likely N-dealkylation sites (tertiary alicyclic amines) is 1. The summed E-state index contributed by atoms with van der Waals surface area (Å²) in [5.74, 6) is 1.31. The fourth-order valence-corrected chi connectivity index (χ4v) is 6.32. The van der Waals surface area contributed by atoms with Crippen molar-refractivity contribution in [2.24, 2.45) is 0 Å². The molecule has 0 bridgehead atoms. The number of nitrogens with one attached hydrogen (secondary N) is 2. The van der Waals surface area contributed by atoms with Crippen LogP contribution in [0.5, 0.6) is 11.5 Å². The van der Waals surface area contributed by atoms with Crippen LogP contribution in [0.4, 0.5) is 17.3 Å². The molecule has 0 atom stereocenters. The summed E-state index contributed by atoms with van der Waals surface area (Å²) in [4.78, 5) is 28.7. The average Bonchev–Trinajstić information content (AvgIpc) is 3.53. The lowest BCUT2D eigenvalue weighted by Crippen LogP contribution is -2.29. The zero-order valence-corrected chi connectivity index (χ0v) is 26.0. The van der Waals surface area contributed by atoms with E-state index in [0.29, 0.717) is 67.2 Å². The van der Waals surface area contributed by atoms with E-state index in [1.54, 1.807) is 18.5 Å². The lowest BCUT2D eigenvalue weighted by molar-refractivity contribution is -0.111. The number of hydrogen-bond donors (Lipinski definition) is 2. The number of aromatic nitrogens is 4. The molecule has 12 heteroatoms. The highest BCUT2D eigenvalue weighted by Gasteiger charge is 2.23. The van der Waals surface area contributed by atoms with Crippen LogP contribution in [0.15, 0.2) is 61.6 Å². The topological polar surface area (TPSA) is 106 Å². The number of piperidine rings is 1. The minimum atomic E-state index is -0.299. The SMILES string of the molecule is C=CC(=O)Nc1cc(C2CCN(C)CC2)ccc1Nc1ncc2cc(-c3c(Cl)c(OC)cc(OC)c3Cl)c3nccn3c2n1. The van der Waals surface area contributed by atoms with Gasteiger partial charge < -0.3 is 25.0 Å². The summed E-state index contributed by atoms with van der Waals surface area (Å²) < 4.78 is 12.8. The van der Waals surface area contributed by atoms with Crippen molar-refractivity contribution in [1.82, 2.24) is 24.3 Å². The van der Waals surface area contributed by atoms with Crippen molar-refractivity contribution >= 4 is 63.1 Å². The Hall–Kier alpha value is -4.38. The number of carbonyl (C=O) groups is 1. The Labute approximate surface area is 264 Å². The number of imidazole rings is 1. The van der Waals surface area contributed by atoms with Gasteiger partial charge in [0.25, 0.3) is 0 Å². The lowest BCUT2D eigenvalue weighted by atomic mass is 9.89. The molecule has 0 saturated carbocycles. The Morgan fingerprint density at radius 3 is 2.43 bits per heavy atom. The highest BCUT2D eigenvalue weighted by atomic mass is 35.5. The minimum absolute atomic E-state index is 0.299. The molecule has 3 aromatic heterocycles. The van der Waals surface area contributed by atoms with Gasteiger partial charge in [0, 0.05) is 41.2 Å². The van der Waals surface area contributed by atoms with Gasteiger partial charge >= 0.3 is 0 Å². The maximum Gasteiger partial charge on any atom is 0.247 e. The smallest absolute Gasteiger partial charge is 0.247 e. The van der Waals surface area contributed by atoms with Crippen molar-refractivity contribution in [1.29, 1.82) is 0 Å². The summed E-state index contributed by atoms with van der Waals surface area (Å²) in [6.45, 7) is 5.69. The molecule has 0 radical (unpaired) electrons. The molecule has 1 saturated heterocycles. The predicted molar refractivity (Wildman–Crippen MR) is 175 cm³/mol. The van der Waals surface area contributed by atoms with Gasteiger partial charge in [-0.25, -0.2) is 9.97 Å². The van der Waals surface area contributed by atoms with E-state index in [9.17, 15) is 4.79 Å². The van der Waals surface area contributed by atoms with Crippen molar-refractivity contribution in [3.63, 3.8) is 0 Å². The molecule has 4 heterocycles. The first-order chi connectivity index (χ1) is 21.3. The molecule has 1 aliphatic heterocycles. The molecule has 0 spiro atoms. The molecule has 10 nitrogen and oxygen atoms in total. The third-order valence-corrected chi connectivity index (χ3v) is 8.72. The number of fused-ring (bicyclic) bond motifs is 3. The van der Waals surface area contributed by atoms with Gasteiger partial charge in [-0.05, 0) is 68.7 Å². The second kappa shape index (κ2) is 12.3. The van der Waals surface area contributed by atoms with Gasteiger partial charge in [0.1, 0.15) is 17.1 Å². The van der Waals surface area contributed by atoms with E-state index >= 15 is 0 Å². The number of halogens is 2. The quantitative estimate of drug-likeness (QED) is 0.177. The first-order valence-corrected chi connectivity index (χ1v) is 14.8. The van der Waals surface area contributed by atoms with Crippen molar-refractivity contribution in [3.05, 3.63) is 77.2 Å². The van der Waals surface area contributed by atoms with E-state index in [1.807, 2.05) is 28.8 Å². The molecular weight excluding hydrogens is 601 g/mol. The average molecular weight is 633 g/mol. The molecule has 226 valence electrons. The third kappa shape index (κ3) is 5.52. The molecule has 44 heavy (non-hydrogen) atoms. The molecule has 0 unspecified atom stereocenters. The molecule has 1 fully saturated rings. The van der Waals surface area contributed by atoms with Gasteiger partial charge in [-0.1, -0.05) is 35.8 Å². The molecule has 0 aliphatic carbocycles. The second-order valence-corrected chi connectivity index (χ2v) is 11.4. The zero-order valence-electron chi connectivity index (χ0n) is 24.5. The molecule has 1 aliphatic rings. The van der Waals surface area contributed by atoms with Crippen LogP contribution in [0.3, 0.4) is 0 Å². The summed E-state index contributed by atoms with van der Waals surface area (Å²) in [5.41, 5.74) is 4.87. The maximum absolute atomic E-state index is 12.3. The summed E-state index contributed by atoms with van der Waals surface area (Å²) in [7, 11) is 5.20. The van der Waals surface area contributed by atoms with Gasteiger partial charge in [0.2, 0.25) is 11.9 Å². The minimum Gasteiger partial charge on any atom is -0.495 e. The van der Waals surface area contributed by atoms with Crippen molar-refractivity contribution in [2.45, 2.75) is 18.8 Å². The van der Waals surface area contributed by atoms with Crippen molar-refractivity contribution in [2.75, 3.05) is 45.0 Å². The predicted octanol–water partition coefficient (Wildman–Crippen LogP) is 6.95. The summed E-state index contributed by atoms with van der Waals surface area (Å²) >= 11 is 13.5. The Kier molecular flexibility index (Phi) is 8.31. The van der Waals surface area contributed by atoms with Gasteiger partial charge in [0.05, 0.1) is 35.6 Å². The standard InChI is InChI=1S/C32H31Cl2N7O3/c1-5-26(42)37-23-15-19(18-8-11-40(2)12-9-18)6-7-22(23)38-32-36-17-20-14-21(31-35-10-13-41(31)30(20)39-32)27-28(33)24(43-3)16-25(44-4)29(27)34/h5-7,10,13-18H,1,8-9,11-12H2,2-4H3,(H,37,42)(H,36,38,39). The van der Waals surface area contributed by atoms with Crippen LogP contribution >= 0.6 is 23.2 Å². The van der Waals surface area contributed by atoms with Crippen LogP contribution < -0.4 is 20.1 Å². The summed E-state index contributed by atoms with van der Waals surface area (Å²) in [5, 5.41) is 7.63. The molecule has 5 aromatic rings. The number of ether oxygens (including phenoxy) is 2. The Morgan fingerprint density at radius 1 is 1.02 bits per heavy atom. The van der Waals surface area contributed by atoms with E-state index in [4.69, 9.17) is 37.7 Å². The Morgan fingerprint density at radius 2 is 1.75 bits per heavy atom. The first kappa shape index (κ1) is 29.7. The van der Waals surface area contributed by atoms with Crippen LogP contribution in [0, 0.1) is 0 Å². The maximum atomic E-state index is 12.3. The first-order valence-electron chi connectivity index (χ1n) is 14.1. The van der Waals surface area contributed by atoms with E-state index < -0.39 is 0 Å². The Balaban J connectivity index is 1.41. The number of pyridine rings is 1. The van der Waals surface area contributed by atoms with E-state index in [1.165, 1.54) is 25.9 Å². The highest BCUT2D eigenvalue weighted by Crippen LogP contribution is 2.47.